The van der Waals surface area contributed by atoms with E-state index in [9.17, 15) is 19.2 Å². The first-order valence-electron chi connectivity index (χ1n) is 13.5. The summed E-state index contributed by atoms with van der Waals surface area (Å²) in [5.74, 6) is 0.214. The normalized spacial score (nSPS) is 21.8. The van der Waals surface area contributed by atoms with Crippen molar-refractivity contribution in [2.24, 2.45) is 0 Å². The number of cyclic esters (lactones) is 1. The van der Waals surface area contributed by atoms with Crippen molar-refractivity contribution in [1.82, 2.24) is 9.21 Å². The van der Waals surface area contributed by atoms with E-state index in [1.54, 1.807) is 12.1 Å². The van der Waals surface area contributed by atoms with Crippen LogP contribution in [0.25, 0.3) is 0 Å². The first-order chi connectivity index (χ1) is 18.7. The number of thioether (sulfide) groups is 1. The van der Waals surface area contributed by atoms with Crippen molar-refractivity contribution >= 4 is 29.0 Å². The number of carbonyl (C=O) groups is 1. The Balaban J connectivity index is 1.52. The molecule has 1 saturated heterocycles. The largest absolute Gasteiger partial charge is 0.511 e. The molecule has 2 aromatic rings. The van der Waals surface area contributed by atoms with Gasteiger partial charge in [0.25, 0.3) is 11.3 Å². The van der Waals surface area contributed by atoms with Crippen molar-refractivity contribution in [1.29, 1.82) is 0 Å². The first-order valence-corrected chi connectivity index (χ1v) is 15.4. The molecule has 4 rings (SSSR count). The second-order valence-corrected chi connectivity index (χ2v) is 14.1. The number of aromatic hydroxyl groups is 1. The molecule has 8 nitrogen and oxygen atoms in total. The molecule has 2 N–H and O–H groups in total. The molecule has 0 amide bonds. The molecule has 218 valence electrons. The average Bonchev–Trinajstić information content (AvgIpc) is 2.87. The summed E-state index contributed by atoms with van der Waals surface area (Å²) >= 11 is -0.403. The Bertz CT molecular complexity index is 1300. The van der Waals surface area contributed by atoms with Crippen molar-refractivity contribution < 1.29 is 28.1 Å². The minimum Gasteiger partial charge on any atom is -0.511 e. The molecule has 10 heteroatoms. The Morgan fingerprint density at radius 3 is 2.35 bits per heavy atom. The van der Waals surface area contributed by atoms with Crippen LogP contribution >= 0.6 is 11.8 Å². The topological polar surface area (TPSA) is 99.5 Å². The molecule has 1 fully saturated rings. The Morgan fingerprint density at radius 2 is 1.75 bits per heavy atom. The molecule has 0 saturated carbocycles. The second-order valence-electron chi connectivity index (χ2n) is 12.0. The van der Waals surface area contributed by atoms with Gasteiger partial charge >= 0.3 is 5.97 Å². The average molecular weight is 589 g/mol. The number of phenolic OH excluding ortho intramolecular Hbond substituents is 1. The minimum absolute atomic E-state index is 0.0171. The van der Waals surface area contributed by atoms with E-state index in [1.165, 1.54) is 11.8 Å². The summed E-state index contributed by atoms with van der Waals surface area (Å²) in [6.07, 6.45) is 1.40. The summed E-state index contributed by atoms with van der Waals surface area (Å²) in [5, 5.41) is 20.5. The molecular formula is C30H40N2O6S2. The lowest BCUT2D eigenvalue weighted by Crippen LogP contribution is -2.46. The van der Waals surface area contributed by atoms with Gasteiger partial charge in [-0.05, 0) is 80.1 Å². The highest BCUT2D eigenvalue weighted by Crippen LogP contribution is 2.44. The molecule has 2 atom stereocenters. The predicted molar refractivity (Wildman–Crippen MR) is 159 cm³/mol. The number of benzene rings is 2. The fraction of sp³-hybridized carbons (Fsp3) is 0.500. The van der Waals surface area contributed by atoms with Crippen LogP contribution in [0.2, 0.25) is 0 Å². The highest BCUT2D eigenvalue weighted by molar-refractivity contribution is 8.04. The zero-order valence-corrected chi connectivity index (χ0v) is 25.8. The number of rotatable bonds is 8. The summed E-state index contributed by atoms with van der Waals surface area (Å²) < 4.78 is 26.6. The van der Waals surface area contributed by atoms with E-state index in [0.29, 0.717) is 31.7 Å². The Morgan fingerprint density at radius 1 is 1.10 bits per heavy atom. The first kappa shape index (κ1) is 30.4. The van der Waals surface area contributed by atoms with E-state index in [1.807, 2.05) is 49.5 Å². The number of hydrogen-bond acceptors (Lipinski definition) is 8. The Hall–Kier alpha value is -2.53. The van der Waals surface area contributed by atoms with Crippen LogP contribution in [0.5, 0.6) is 11.5 Å². The van der Waals surface area contributed by atoms with Crippen LogP contribution in [0.15, 0.2) is 52.0 Å². The molecule has 2 unspecified atom stereocenters. The van der Waals surface area contributed by atoms with Gasteiger partial charge in [-0.2, -0.15) is 8.51 Å². The van der Waals surface area contributed by atoms with Gasteiger partial charge in [-0.3, -0.25) is 0 Å². The SMILES string of the molecule is Cc1cc(SC2=C(O)CC(C)(CCc3ccc(O)cc3)OC2=O)c(C(C)(C)C)cc1OS(=O)N1CCN(C)CC1. The van der Waals surface area contributed by atoms with Gasteiger partial charge in [0, 0.05) is 37.5 Å². The molecule has 0 spiro atoms. The van der Waals surface area contributed by atoms with E-state index in [2.05, 4.69) is 25.7 Å². The number of esters is 1. The summed E-state index contributed by atoms with van der Waals surface area (Å²) in [4.78, 5) is 16.4. The van der Waals surface area contributed by atoms with Gasteiger partial charge in [0.15, 0.2) is 0 Å². The van der Waals surface area contributed by atoms with Crippen LogP contribution in [0.4, 0.5) is 0 Å². The predicted octanol–water partition coefficient (Wildman–Crippen LogP) is 5.40. The van der Waals surface area contributed by atoms with E-state index < -0.39 is 22.8 Å². The van der Waals surface area contributed by atoms with Crippen molar-refractivity contribution in [3.63, 3.8) is 0 Å². The van der Waals surface area contributed by atoms with Gasteiger partial charge in [-0.15, -0.1) is 0 Å². The fourth-order valence-corrected chi connectivity index (χ4v) is 6.91. The molecule has 0 bridgehead atoms. The number of aryl methyl sites for hydroxylation is 2. The molecule has 0 aliphatic carbocycles. The zero-order chi connectivity index (χ0) is 29.2. The molecular weight excluding hydrogens is 548 g/mol. The third-order valence-corrected chi connectivity index (χ3v) is 9.61. The molecule has 2 aliphatic heterocycles. The molecule has 0 aromatic heterocycles. The fourth-order valence-electron chi connectivity index (χ4n) is 4.77. The summed E-state index contributed by atoms with van der Waals surface area (Å²) in [6, 6.07) is 10.8. The maximum atomic E-state index is 13.2. The summed E-state index contributed by atoms with van der Waals surface area (Å²) in [7, 11) is 2.05. The zero-order valence-electron chi connectivity index (χ0n) is 24.2. The van der Waals surface area contributed by atoms with Gasteiger partial charge in [0.2, 0.25) is 0 Å². The minimum atomic E-state index is -1.60. The number of phenols is 1. The summed E-state index contributed by atoms with van der Waals surface area (Å²) in [6.45, 7) is 12.9. The lowest BCUT2D eigenvalue weighted by molar-refractivity contribution is -0.156. The van der Waals surface area contributed by atoms with Crippen LogP contribution in [0.1, 0.15) is 57.2 Å². The van der Waals surface area contributed by atoms with E-state index in [0.717, 1.165) is 34.7 Å². The quantitative estimate of drug-likeness (QED) is 0.396. The van der Waals surface area contributed by atoms with E-state index in [4.69, 9.17) is 8.92 Å². The number of nitrogens with zero attached hydrogens (tertiary/aromatic N) is 2. The van der Waals surface area contributed by atoms with E-state index >= 15 is 0 Å². The van der Waals surface area contributed by atoms with Gasteiger partial charge in [-0.1, -0.05) is 44.7 Å². The van der Waals surface area contributed by atoms with Gasteiger partial charge < -0.3 is 24.0 Å². The number of carbonyl (C=O) groups excluding carboxylic acids is 1. The molecule has 2 aliphatic rings. The standard InChI is InChI=1S/C30H40N2O6S2/c1-20-17-26(23(29(2,3)4)18-25(20)38-40(36)32-15-13-31(6)14-16-32)39-27-24(34)19-30(5,37-28(27)35)12-11-21-7-9-22(33)10-8-21/h7-10,17-18,33-34H,11-16,19H2,1-6H3. The summed E-state index contributed by atoms with van der Waals surface area (Å²) in [5.41, 5.74) is 1.58. The van der Waals surface area contributed by atoms with Gasteiger partial charge in [-0.25, -0.2) is 4.79 Å². The lowest BCUT2D eigenvalue weighted by Gasteiger charge is -2.34. The van der Waals surface area contributed by atoms with E-state index in [-0.39, 0.29) is 28.2 Å². The maximum Gasteiger partial charge on any atom is 0.348 e. The number of aliphatic hydroxyl groups is 1. The number of ether oxygens (including phenoxy) is 1. The molecule has 2 aromatic carbocycles. The number of piperazine rings is 1. The number of hydrogen-bond donors (Lipinski definition) is 2. The molecule has 2 heterocycles. The third kappa shape index (κ3) is 7.40. The van der Waals surface area contributed by atoms with Crippen molar-refractivity contribution in [3.05, 3.63) is 63.8 Å². The second kappa shape index (κ2) is 12.1. The molecule has 40 heavy (non-hydrogen) atoms. The third-order valence-electron chi connectivity index (χ3n) is 7.34. The molecule has 0 radical (unpaired) electrons. The highest BCUT2D eigenvalue weighted by Gasteiger charge is 2.39. The van der Waals surface area contributed by atoms with Gasteiger partial charge in [0.05, 0.1) is 0 Å². The Kier molecular flexibility index (Phi) is 9.24. The maximum absolute atomic E-state index is 13.2. The highest BCUT2D eigenvalue weighted by atomic mass is 32.2. The van der Waals surface area contributed by atoms with Gasteiger partial charge in [0.1, 0.15) is 27.8 Å². The lowest BCUT2D eigenvalue weighted by atomic mass is 9.86. The van der Waals surface area contributed by atoms with Crippen molar-refractivity contribution in [2.45, 2.75) is 69.8 Å². The Labute approximate surface area is 244 Å². The van der Waals surface area contributed by atoms with Crippen LogP contribution < -0.4 is 4.18 Å². The van der Waals surface area contributed by atoms with Crippen LogP contribution in [0.3, 0.4) is 0 Å². The van der Waals surface area contributed by atoms with Crippen LogP contribution in [-0.2, 0) is 32.6 Å². The van der Waals surface area contributed by atoms with Crippen LogP contribution in [-0.4, -0.2) is 68.4 Å². The smallest absolute Gasteiger partial charge is 0.348 e. The van der Waals surface area contributed by atoms with Crippen LogP contribution in [0, 0.1) is 6.92 Å². The number of likely N-dealkylation sites (N-methyl/N-ethyl adjacent to an activating group) is 1. The van der Waals surface area contributed by atoms with Crippen molar-refractivity contribution in [3.8, 4) is 11.5 Å². The van der Waals surface area contributed by atoms with Crippen molar-refractivity contribution in [2.75, 3.05) is 33.2 Å². The monoisotopic (exact) mass is 588 g/mol. The number of aliphatic hydroxyl groups excluding tert-OH is 1.